The number of fused-ring (bicyclic) bond motifs is 1. The molecule has 5 rings (SSSR count). The van der Waals surface area contributed by atoms with Crippen molar-refractivity contribution < 1.29 is 28.9 Å². The van der Waals surface area contributed by atoms with Crippen molar-refractivity contribution in [1.29, 1.82) is 0 Å². The van der Waals surface area contributed by atoms with Crippen LogP contribution in [0, 0.1) is 6.92 Å². The molecule has 1 amide bonds. The predicted octanol–water partition coefficient (Wildman–Crippen LogP) is 4.69. The highest BCUT2D eigenvalue weighted by Gasteiger charge is 2.46. The van der Waals surface area contributed by atoms with E-state index in [4.69, 9.17) is 14.2 Å². The van der Waals surface area contributed by atoms with Gasteiger partial charge in [0.15, 0.2) is 17.3 Å². The topological polar surface area (TPSA) is 103 Å². The molecule has 1 aliphatic rings. The van der Waals surface area contributed by atoms with Crippen molar-refractivity contribution in [1.82, 2.24) is 14.3 Å². The summed E-state index contributed by atoms with van der Waals surface area (Å²) in [6, 6.07) is 19.7. The number of ether oxygens (including phenoxy) is 3. The minimum absolute atomic E-state index is 0.00354. The zero-order chi connectivity index (χ0) is 28.2. The Morgan fingerprint density at radius 1 is 1.00 bits per heavy atom. The second-order valence-corrected chi connectivity index (χ2v) is 9.50. The molecule has 1 N–H and O–H groups in total. The summed E-state index contributed by atoms with van der Waals surface area (Å²) in [5.41, 5.74) is 3.13. The number of pyridine rings is 1. The Labute approximate surface area is 232 Å². The van der Waals surface area contributed by atoms with E-state index in [9.17, 15) is 14.7 Å². The van der Waals surface area contributed by atoms with Crippen LogP contribution >= 0.6 is 0 Å². The van der Waals surface area contributed by atoms with Gasteiger partial charge in [0.1, 0.15) is 17.9 Å². The first-order valence-corrected chi connectivity index (χ1v) is 13.0. The Bertz CT molecular complexity index is 1580. The van der Waals surface area contributed by atoms with E-state index in [2.05, 4.69) is 4.98 Å². The minimum Gasteiger partial charge on any atom is -0.505 e. The van der Waals surface area contributed by atoms with Crippen LogP contribution in [0.25, 0.3) is 11.4 Å². The number of benzene rings is 2. The van der Waals surface area contributed by atoms with Crippen molar-refractivity contribution >= 4 is 23.1 Å². The Hall–Kier alpha value is -4.63. The van der Waals surface area contributed by atoms with Crippen LogP contribution in [-0.4, -0.2) is 58.5 Å². The molecule has 9 heteroatoms. The molecule has 1 saturated heterocycles. The zero-order valence-corrected chi connectivity index (χ0v) is 22.7. The number of carbonyl (C=O) groups is 2. The summed E-state index contributed by atoms with van der Waals surface area (Å²) >= 11 is 0. The van der Waals surface area contributed by atoms with Crippen molar-refractivity contribution in [3.8, 4) is 11.5 Å². The summed E-state index contributed by atoms with van der Waals surface area (Å²) in [4.78, 5) is 32.8. The first-order chi connectivity index (χ1) is 19.4. The maximum Gasteiger partial charge on any atom is 0.295 e. The number of methoxy groups -OCH3 is 2. The third kappa shape index (κ3) is 5.03. The Morgan fingerprint density at radius 2 is 1.77 bits per heavy atom. The molecular weight excluding hydrogens is 510 g/mol. The number of aromatic nitrogens is 2. The number of carbonyl (C=O) groups excluding carboxylic acids is 2. The van der Waals surface area contributed by atoms with Gasteiger partial charge in [-0.2, -0.15) is 0 Å². The molecule has 0 bridgehead atoms. The number of likely N-dealkylation sites (tertiary alicyclic amines) is 1. The predicted molar refractivity (Wildman–Crippen MR) is 149 cm³/mol. The zero-order valence-electron chi connectivity index (χ0n) is 22.7. The Morgan fingerprint density at radius 3 is 2.52 bits per heavy atom. The van der Waals surface area contributed by atoms with Crippen molar-refractivity contribution in [2.45, 2.75) is 26.0 Å². The van der Waals surface area contributed by atoms with E-state index < -0.39 is 17.7 Å². The van der Waals surface area contributed by atoms with Gasteiger partial charge in [-0.15, -0.1) is 0 Å². The summed E-state index contributed by atoms with van der Waals surface area (Å²) < 4.78 is 18.6. The third-order valence-electron chi connectivity index (χ3n) is 6.96. The van der Waals surface area contributed by atoms with Gasteiger partial charge in [0, 0.05) is 26.5 Å². The highest BCUT2D eigenvalue weighted by Crippen LogP contribution is 2.42. The lowest BCUT2D eigenvalue weighted by Gasteiger charge is -2.26. The number of ketones is 1. The third-order valence-corrected chi connectivity index (χ3v) is 6.96. The molecule has 1 atom stereocenters. The number of hydrogen-bond donors (Lipinski definition) is 1. The van der Waals surface area contributed by atoms with E-state index in [0.29, 0.717) is 53.7 Å². The van der Waals surface area contributed by atoms with Crippen molar-refractivity contribution in [2.75, 3.05) is 27.4 Å². The summed E-state index contributed by atoms with van der Waals surface area (Å²) in [5, 5.41) is 11.6. The van der Waals surface area contributed by atoms with E-state index in [1.165, 1.54) is 12.0 Å². The van der Waals surface area contributed by atoms with Gasteiger partial charge >= 0.3 is 0 Å². The molecule has 4 aromatic rings. The van der Waals surface area contributed by atoms with Crippen LogP contribution in [0.1, 0.15) is 35.0 Å². The van der Waals surface area contributed by atoms with E-state index in [0.717, 1.165) is 5.56 Å². The van der Waals surface area contributed by atoms with Gasteiger partial charge < -0.3 is 24.2 Å². The van der Waals surface area contributed by atoms with Crippen LogP contribution in [-0.2, 0) is 20.9 Å². The number of aliphatic hydroxyl groups is 1. The molecule has 1 fully saturated rings. The fourth-order valence-corrected chi connectivity index (χ4v) is 5.07. The average Bonchev–Trinajstić information content (AvgIpc) is 3.44. The lowest BCUT2D eigenvalue weighted by molar-refractivity contribution is -0.140. The molecule has 2 aromatic carbocycles. The van der Waals surface area contributed by atoms with Crippen LogP contribution in [0.2, 0.25) is 0 Å². The summed E-state index contributed by atoms with van der Waals surface area (Å²) in [5.74, 6) is -0.755. The van der Waals surface area contributed by atoms with Crippen LogP contribution in [0.5, 0.6) is 11.5 Å². The molecule has 9 nitrogen and oxygen atoms in total. The van der Waals surface area contributed by atoms with Gasteiger partial charge in [-0.3, -0.25) is 14.0 Å². The molecular formula is C31H31N3O6. The molecule has 1 aliphatic heterocycles. The summed E-state index contributed by atoms with van der Waals surface area (Å²) in [6.45, 7) is 2.78. The number of Topliss-reactive ketones (excluding diaryl/α,β-unsaturated/α-hetero) is 1. The molecule has 0 aliphatic carbocycles. The fraction of sp³-hybridized carbons (Fsp3) is 0.258. The van der Waals surface area contributed by atoms with Gasteiger partial charge in [-0.05, 0) is 48.7 Å². The van der Waals surface area contributed by atoms with Crippen LogP contribution in [0.15, 0.2) is 78.5 Å². The van der Waals surface area contributed by atoms with Gasteiger partial charge in [-0.1, -0.05) is 42.5 Å². The summed E-state index contributed by atoms with van der Waals surface area (Å²) in [7, 11) is 3.12. The second-order valence-electron chi connectivity index (χ2n) is 9.50. The maximum absolute atomic E-state index is 13.5. The number of aryl methyl sites for hydroxylation is 1. The van der Waals surface area contributed by atoms with E-state index in [1.807, 2.05) is 48.5 Å². The number of rotatable bonds is 10. The summed E-state index contributed by atoms with van der Waals surface area (Å²) in [6.07, 6.45) is 2.28. The van der Waals surface area contributed by atoms with Gasteiger partial charge in [0.05, 0.1) is 24.4 Å². The SMILES string of the molecule is COCCCN1C(=O)C(=O)C(=C(O)c2c(C)nc3ccccn23)C1c1ccc(OCc2ccccc2)c(OC)c1. The highest BCUT2D eigenvalue weighted by molar-refractivity contribution is 6.46. The minimum atomic E-state index is -0.845. The van der Waals surface area contributed by atoms with Crippen LogP contribution in [0.3, 0.4) is 0 Å². The smallest absolute Gasteiger partial charge is 0.295 e. The van der Waals surface area contributed by atoms with Crippen molar-refractivity contribution in [3.05, 3.63) is 101 Å². The standard InChI is InChI=1S/C31H31N3O6/c1-20-27(33-15-8-7-12-25(33)32-20)29(35)26-28(34(16-9-17-38-2)31(37)30(26)36)22-13-14-23(24(18-22)39-3)40-19-21-10-5-4-6-11-21/h4-8,10-15,18,28,35H,9,16-17,19H2,1-3H3. The lowest BCUT2D eigenvalue weighted by atomic mass is 9.95. The number of nitrogens with zero attached hydrogens (tertiary/aromatic N) is 3. The number of imidazole rings is 1. The number of aliphatic hydroxyl groups excluding tert-OH is 1. The molecule has 0 spiro atoms. The number of hydrogen-bond acceptors (Lipinski definition) is 7. The molecule has 1 unspecified atom stereocenters. The molecule has 2 aromatic heterocycles. The largest absolute Gasteiger partial charge is 0.505 e. The van der Waals surface area contributed by atoms with Crippen molar-refractivity contribution in [3.63, 3.8) is 0 Å². The lowest BCUT2D eigenvalue weighted by Crippen LogP contribution is -2.31. The molecule has 40 heavy (non-hydrogen) atoms. The average molecular weight is 542 g/mol. The normalized spacial score (nSPS) is 16.6. The molecule has 0 saturated carbocycles. The van der Waals surface area contributed by atoms with Gasteiger partial charge in [0.25, 0.3) is 11.7 Å². The van der Waals surface area contributed by atoms with Crippen LogP contribution in [0.4, 0.5) is 0 Å². The Balaban J connectivity index is 1.59. The number of amides is 1. The van der Waals surface area contributed by atoms with E-state index in [1.54, 1.807) is 42.8 Å². The molecule has 0 radical (unpaired) electrons. The molecule has 206 valence electrons. The fourth-order valence-electron chi connectivity index (χ4n) is 5.07. The first kappa shape index (κ1) is 27.0. The van der Waals surface area contributed by atoms with E-state index in [-0.39, 0.29) is 17.9 Å². The maximum atomic E-state index is 13.5. The monoisotopic (exact) mass is 541 g/mol. The first-order valence-electron chi connectivity index (χ1n) is 13.0. The molecule has 3 heterocycles. The quantitative estimate of drug-likeness (QED) is 0.135. The van der Waals surface area contributed by atoms with Gasteiger partial charge in [-0.25, -0.2) is 4.98 Å². The second kappa shape index (κ2) is 11.6. The van der Waals surface area contributed by atoms with Crippen LogP contribution < -0.4 is 9.47 Å². The highest BCUT2D eigenvalue weighted by atomic mass is 16.5. The Kier molecular flexibility index (Phi) is 7.84. The van der Waals surface area contributed by atoms with Gasteiger partial charge in [0.2, 0.25) is 0 Å². The van der Waals surface area contributed by atoms with E-state index >= 15 is 0 Å². The van der Waals surface area contributed by atoms with Crippen molar-refractivity contribution in [2.24, 2.45) is 0 Å².